The van der Waals surface area contributed by atoms with E-state index in [-0.39, 0.29) is 18.4 Å². The van der Waals surface area contributed by atoms with Crippen LogP contribution in [0.4, 0.5) is 8.78 Å². The molecule has 0 saturated carbocycles. The first-order valence-electron chi connectivity index (χ1n) is 5.67. The molecular formula is C11H15ClF2N2O2S. The van der Waals surface area contributed by atoms with Crippen LogP contribution in [0.15, 0.2) is 23.1 Å². The van der Waals surface area contributed by atoms with Gasteiger partial charge in [0, 0.05) is 6.04 Å². The topological polar surface area (TPSA) is 58.2 Å². The van der Waals surface area contributed by atoms with Crippen molar-refractivity contribution < 1.29 is 17.2 Å². The van der Waals surface area contributed by atoms with Crippen LogP contribution in [-0.2, 0) is 10.0 Å². The van der Waals surface area contributed by atoms with Crippen molar-refractivity contribution in [3.63, 3.8) is 0 Å². The van der Waals surface area contributed by atoms with Gasteiger partial charge in [0.15, 0.2) is 0 Å². The molecule has 1 aliphatic heterocycles. The molecule has 4 nitrogen and oxygen atoms in total. The minimum Gasteiger partial charge on any atom is -0.317 e. The first kappa shape index (κ1) is 16.3. The zero-order valence-corrected chi connectivity index (χ0v) is 11.7. The molecule has 0 aromatic heterocycles. The number of nitrogens with one attached hydrogen (secondary N) is 2. The summed E-state index contributed by atoms with van der Waals surface area (Å²) in [4.78, 5) is -0.638. The fourth-order valence-corrected chi connectivity index (χ4v) is 3.30. The molecule has 1 aliphatic rings. The maximum Gasteiger partial charge on any atom is 0.243 e. The number of halogens is 3. The Kier molecular flexibility index (Phi) is 5.66. The molecule has 108 valence electrons. The second-order valence-electron chi connectivity index (χ2n) is 4.22. The largest absolute Gasteiger partial charge is 0.317 e. The van der Waals surface area contributed by atoms with Crippen molar-refractivity contribution in [2.45, 2.75) is 23.8 Å². The first-order chi connectivity index (χ1) is 8.49. The van der Waals surface area contributed by atoms with E-state index in [2.05, 4.69) is 10.0 Å². The molecular weight excluding hydrogens is 298 g/mol. The van der Waals surface area contributed by atoms with Crippen molar-refractivity contribution in [1.82, 2.24) is 10.0 Å². The minimum absolute atomic E-state index is 0. The molecule has 0 spiro atoms. The fourth-order valence-electron chi connectivity index (χ4n) is 1.91. The second kappa shape index (κ2) is 6.60. The van der Waals surface area contributed by atoms with Gasteiger partial charge in [-0.05, 0) is 44.1 Å². The van der Waals surface area contributed by atoms with Crippen LogP contribution in [0.2, 0.25) is 0 Å². The molecule has 1 aromatic rings. The van der Waals surface area contributed by atoms with E-state index in [1.54, 1.807) is 0 Å². The second-order valence-corrected chi connectivity index (χ2v) is 5.90. The summed E-state index contributed by atoms with van der Waals surface area (Å²) in [5.41, 5.74) is 0. The molecule has 1 aromatic carbocycles. The summed E-state index contributed by atoms with van der Waals surface area (Å²) in [7, 11) is -4.01. The third-order valence-electron chi connectivity index (χ3n) is 2.84. The van der Waals surface area contributed by atoms with Crippen LogP contribution < -0.4 is 10.0 Å². The highest BCUT2D eigenvalue weighted by molar-refractivity contribution is 7.89. The highest BCUT2D eigenvalue weighted by Crippen LogP contribution is 2.17. The molecule has 0 bridgehead atoms. The summed E-state index contributed by atoms with van der Waals surface area (Å²) in [5, 5.41) is 3.09. The zero-order chi connectivity index (χ0) is 13.2. The van der Waals surface area contributed by atoms with E-state index in [1.807, 2.05) is 0 Å². The third kappa shape index (κ3) is 4.10. The van der Waals surface area contributed by atoms with Gasteiger partial charge in [0.1, 0.15) is 16.5 Å². The number of hydrogen-bond acceptors (Lipinski definition) is 3. The number of piperidine rings is 1. The molecule has 0 atom stereocenters. The van der Waals surface area contributed by atoms with Gasteiger partial charge in [-0.2, -0.15) is 0 Å². The average Bonchev–Trinajstić information content (AvgIpc) is 2.33. The Morgan fingerprint density at radius 3 is 2.47 bits per heavy atom. The van der Waals surface area contributed by atoms with Crippen LogP contribution in [0, 0.1) is 11.6 Å². The van der Waals surface area contributed by atoms with Gasteiger partial charge in [0.2, 0.25) is 10.0 Å². The van der Waals surface area contributed by atoms with Gasteiger partial charge in [0.25, 0.3) is 0 Å². The SMILES string of the molecule is Cl.O=S(=O)(NC1CCNCC1)c1cc(F)ccc1F. The van der Waals surface area contributed by atoms with Crippen molar-refractivity contribution in [3.8, 4) is 0 Å². The van der Waals surface area contributed by atoms with Gasteiger partial charge in [-0.25, -0.2) is 21.9 Å². The number of hydrogen-bond donors (Lipinski definition) is 2. The van der Waals surface area contributed by atoms with Crippen LogP contribution in [0.1, 0.15) is 12.8 Å². The predicted octanol–water partition coefficient (Wildman–Crippen LogP) is 1.42. The quantitative estimate of drug-likeness (QED) is 0.887. The van der Waals surface area contributed by atoms with E-state index in [1.165, 1.54) is 0 Å². The third-order valence-corrected chi connectivity index (χ3v) is 4.38. The number of rotatable bonds is 3. The van der Waals surface area contributed by atoms with Crippen LogP contribution in [-0.4, -0.2) is 27.5 Å². The fraction of sp³-hybridized carbons (Fsp3) is 0.455. The molecule has 0 radical (unpaired) electrons. The lowest BCUT2D eigenvalue weighted by molar-refractivity contribution is 0.425. The molecule has 1 saturated heterocycles. The van der Waals surface area contributed by atoms with E-state index in [9.17, 15) is 17.2 Å². The Morgan fingerprint density at radius 2 is 1.84 bits per heavy atom. The lowest BCUT2D eigenvalue weighted by Gasteiger charge is -2.23. The summed E-state index contributed by atoms with van der Waals surface area (Å²) in [6, 6.07) is 2.16. The zero-order valence-electron chi connectivity index (χ0n) is 10.0. The van der Waals surface area contributed by atoms with Gasteiger partial charge < -0.3 is 5.32 Å². The Labute approximate surface area is 117 Å². The summed E-state index contributed by atoms with van der Waals surface area (Å²) in [6.45, 7) is 1.41. The Morgan fingerprint density at radius 1 is 1.21 bits per heavy atom. The molecule has 8 heteroatoms. The number of sulfonamides is 1. The maximum atomic E-state index is 13.4. The minimum atomic E-state index is -4.01. The normalized spacial score (nSPS) is 16.9. The summed E-state index contributed by atoms with van der Waals surface area (Å²) in [5.74, 6) is -1.72. The highest BCUT2D eigenvalue weighted by Gasteiger charge is 2.24. The summed E-state index contributed by atoms with van der Waals surface area (Å²) in [6.07, 6.45) is 1.27. The van der Waals surface area contributed by atoms with Crippen molar-refractivity contribution in [2.75, 3.05) is 13.1 Å². The highest BCUT2D eigenvalue weighted by atomic mass is 35.5. The Balaban J connectivity index is 0.00000180. The first-order valence-corrected chi connectivity index (χ1v) is 7.15. The van der Waals surface area contributed by atoms with Gasteiger partial charge >= 0.3 is 0 Å². The van der Waals surface area contributed by atoms with Gasteiger partial charge in [0.05, 0.1) is 0 Å². The molecule has 1 fully saturated rings. The van der Waals surface area contributed by atoms with Crippen LogP contribution in [0.5, 0.6) is 0 Å². The standard InChI is InChI=1S/C11H14F2N2O2S.ClH/c12-8-1-2-10(13)11(7-8)18(16,17)15-9-3-5-14-6-4-9;/h1-2,7,9,14-15H,3-6H2;1H. The van der Waals surface area contributed by atoms with E-state index in [0.29, 0.717) is 32.0 Å². The van der Waals surface area contributed by atoms with Crippen molar-refractivity contribution >= 4 is 22.4 Å². The molecule has 2 rings (SSSR count). The van der Waals surface area contributed by atoms with Crippen molar-refractivity contribution in [1.29, 1.82) is 0 Å². The smallest absolute Gasteiger partial charge is 0.243 e. The molecule has 0 amide bonds. The molecule has 1 heterocycles. The maximum absolute atomic E-state index is 13.4. The molecule has 0 aliphatic carbocycles. The monoisotopic (exact) mass is 312 g/mol. The van der Waals surface area contributed by atoms with Crippen LogP contribution in [0.25, 0.3) is 0 Å². The lowest BCUT2D eigenvalue weighted by Crippen LogP contribution is -2.42. The molecule has 0 unspecified atom stereocenters. The van der Waals surface area contributed by atoms with E-state index in [0.717, 1.165) is 12.1 Å². The van der Waals surface area contributed by atoms with Crippen LogP contribution in [0.3, 0.4) is 0 Å². The Hall–Kier alpha value is -0.760. The van der Waals surface area contributed by atoms with E-state index >= 15 is 0 Å². The van der Waals surface area contributed by atoms with Gasteiger partial charge in [-0.3, -0.25) is 0 Å². The van der Waals surface area contributed by atoms with Gasteiger partial charge in [-0.1, -0.05) is 0 Å². The lowest BCUT2D eigenvalue weighted by atomic mass is 10.1. The molecule has 2 N–H and O–H groups in total. The van der Waals surface area contributed by atoms with Crippen molar-refractivity contribution in [3.05, 3.63) is 29.8 Å². The van der Waals surface area contributed by atoms with Crippen LogP contribution >= 0.6 is 12.4 Å². The summed E-state index contributed by atoms with van der Waals surface area (Å²) < 4.78 is 52.7. The average molecular weight is 313 g/mol. The predicted molar refractivity (Wildman–Crippen MR) is 69.8 cm³/mol. The molecule has 19 heavy (non-hydrogen) atoms. The van der Waals surface area contributed by atoms with Gasteiger partial charge in [-0.15, -0.1) is 12.4 Å². The summed E-state index contributed by atoms with van der Waals surface area (Å²) >= 11 is 0. The van der Waals surface area contributed by atoms with E-state index in [4.69, 9.17) is 0 Å². The Bertz CT molecular complexity index is 533. The number of benzene rings is 1. The van der Waals surface area contributed by atoms with Crippen molar-refractivity contribution in [2.24, 2.45) is 0 Å². The van der Waals surface area contributed by atoms with E-state index < -0.39 is 26.6 Å².